The fourth-order valence-corrected chi connectivity index (χ4v) is 4.21. The van der Waals surface area contributed by atoms with Crippen LogP contribution in [0, 0.1) is 12.7 Å². The molecule has 0 aliphatic carbocycles. The van der Waals surface area contributed by atoms with Crippen LogP contribution >= 0.6 is 11.3 Å². The summed E-state index contributed by atoms with van der Waals surface area (Å²) in [6.45, 7) is 3.74. The Labute approximate surface area is 200 Å². The standard InChI is InChI=1S/C25H24FN3O4S/c1-15-6-11-21(33-15)16(2)28-29-20(14-34-25(29)27-19-9-7-18(26)8-10-19)17-12-22(30-3)24(32-5)23(13-17)31-4/h6-14H,1-5H3. The van der Waals surface area contributed by atoms with Crippen molar-refractivity contribution in [2.75, 3.05) is 21.3 Å². The minimum absolute atomic E-state index is 0.321. The second-order valence-electron chi connectivity index (χ2n) is 7.31. The average Bonchev–Trinajstić information content (AvgIpc) is 3.45. The molecule has 0 amide bonds. The normalized spacial score (nSPS) is 12.2. The third-order valence-corrected chi connectivity index (χ3v) is 5.86. The van der Waals surface area contributed by atoms with Gasteiger partial charge in [0, 0.05) is 10.9 Å². The summed E-state index contributed by atoms with van der Waals surface area (Å²) in [5.41, 5.74) is 2.82. The quantitative estimate of drug-likeness (QED) is 0.314. The fourth-order valence-electron chi connectivity index (χ4n) is 3.36. The minimum atomic E-state index is -0.321. The van der Waals surface area contributed by atoms with Gasteiger partial charge in [0.1, 0.15) is 23.0 Å². The van der Waals surface area contributed by atoms with Crippen molar-refractivity contribution in [3.8, 4) is 28.5 Å². The SMILES string of the molecule is COc1cc(-c2csc(=Nc3ccc(F)cc3)n2N=C(C)c2ccc(C)o2)cc(OC)c1OC. The third-order valence-electron chi connectivity index (χ3n) is 5.04. The Bertz CT molecular complexity index is 1380. The molecule has 2 heterocycles. The lowest BCUT2D eigenvalue weighted by molar-refractivity contribution is 0.324. The molecule has 0 aliphatic rings. The molecular formula is C25H24FN3O4S. The molecule has 0 saturated carbocycles. The number of aromatic nitrogens is 1. The average molecular weight is 482 g/mol. The van der Waals surface area contributed by atoms with E-state index in [4.69, 9.17) is 23.7 Å². The summed E-state index contributed by atoms with van der Waals surface area (Å²) in [5, 5.41) is 6.75. The van der Waals surface area contributed by atoms with E-state index in [1.54, 1.807) is 38.1 Å². The summed E-state index contributed by atoms with van der Waals surface area (Å²) in [6.07, 6.45) is 0. The number of methoxy groups -OCH3 is 3. The highest BCUT2D eigenvalue weighted by molar-refractivity contribution is 7.07. The van der Waals surface area contributed by atoms with Crippen LogP contribution in [-0.4, -0.2) is 31.7 Å². The summed E-state index contributed by atoms with van der Waals surface area (Å²) < 4.78 is 37.4. The van der Waals surface area contributed by atoms with Gasteiger partial charge < -0.3 is 18.6 Å². The minimum Gasteiger partial charge on any atom is -0.493 e. The smallest absolute Gasteiger partial charge is 0.211 e. The van der Waals surface area contributed by atoms with E-state index in [-0.39, 0.29) is 5.82 Å². The summed E-state index contributed by atoms with van der Waals surface area (Å²) >= 11 is 1.40. The Kier molecular flexibility index (Phi) is 6.83. The number of benzene rings is 2. The molecule has 0 radical (unpaired) electrons. The van der Waals surface area contributed by atoms with Crippen LogP contribution in [0.25, 0.3) is 11.3 Å². The molecular weight excluding hydrogens is 457 g/mol. The number of aryl methyl sites for hydroxylation is 1. The van der Waals surface area contributed by atoms with Gasteiger partial charge in [-0.05, 0) is 62.4 Å². The van der Waals surface area contributed by atoms with Crippen LogP contribution in [0.5, 0.6) is 17.2 Å². The first-order chi connectivity index (χ1) is 16.4. The van der Waals surface area contributed by atoms with E-state index in [9.17, 15) is 4.39 Å². The van der Waals surface area contributed by atoms with E-state index in [0.29, 0.717) is 39.2 Å². The van der Waals surface area contributed by atoms with Crippen molar-refractivity contribution in [2.24, 2.45) is 10.1 Å². The van der Waals surface area contributed by atoms with E-state index < -0.39 is 0 Å². The molecule has 0 unspecified atom stereocenters. The first kappa shape index (κ1) is 23.3. The van der Waals surface area contributed by atoms with Crippen LogP contribution in [0.2, 0.25) is 0 Å². The Hall–Kier alpha value is -3.85. The Morgan fingerprint density at radius 3 is 2.21 bits per heavy atom. The van der Waals surface area contributed by atoms with Gasteiger partial charge in [-0.25, -0.2) is 14.1 Å². The Balaban J connectivity index is 1.94. The lowest BCUT2D eigenvalue weighted by atomic mass is 10.1. The molecule has 0 aliphatic heterocycles. The van der Waals surface area contributed by atoms with Gasteiger partial charge in [0.25, 0.3) is 0 Å². The van der Waals surface area contributed by atoms with Gasteiger partial charge in [-0.3, -0.25) is 0 Å². The van der Waals surface area contributed by atoms with Crippen molar-refractivity contribution in [2.45, 2.75) is 13.8 Å². The molecule has 9 heteroatoms. The molecule has 7 nitrogen and oxygen atoms in total. The largest absolute Gasteiger partial charge is 0.493 e. The van der Waals surface area contributed by atoms with Crippen molar-refractivity contribution >= 4 is 22.7 Å². The maximum absolute atomic E-state index is 13.4. The highest BCUT2D eigenvalue weighted by atomic mass is 32.1. The number of thiazole rings is 1. The van der Waals surface area contributed by atoms with Crippen LogP contribution in [0.15, 0.2) is 68.4 Å². The second kappa shape index (κ2) is 9.96. The molecule has 0 bridgehead atoms. The maximum atomic E-state index is 13.4. The van der Waals surface area contributed by atoms with Crippen LogP contribution < -0.4 is 19.0 Å². The number of furan rings is 1. The summed E-state index contributed by atoms with van der Waals surface area (Å²) in [4.78, 5) is 5.28. The first-order valence-corrected chi connectivity index (χ1v) is 11.2. The highest BCUT2D eigenvalue weighted by Gasteiger charge is 2.17. The monoisotopic (exact) mass is 481 g/mol. The molecule has 2 aromatic carbocycles. The van der Waals surface area contributed by atoms with E-state index >= 15 is 0 Å². The maximum Gasteiger partial charge on any atom is 0.211 e. The lowest BCUT2D eigenvalue weighted by Gasteiger charge is -2.14. The van der Waals surface area contributed by atoms with Crippen molar-refractivity contribution in [1.82, 2.24) is 4.68 Å². The van der Waals surface area contributed by atoms with Gasteiger partial charge in [-0.1, -0.05) is 0 Å². The molecule has 2 aromatic heterocycles. The first-order valence-electron chi connectivity index (χ1n) is 10.4. The van der Waals surface area contributed by atoms with Crippen LogP contribution in [0.1, 0.15) is 18.4 Å². The van der Waals surface area contributed by atoms with Crippen LogP contribution in [0.4, 0.5) is 10.1 Å². The Morgan fingerprint density at radius 2 is 1.65 bits per heavy atom. The Morgan fingerprint density at radius 1 is 0.971 bits per heavy atom. The summed E-state index contributed by atoms with van der Waals surface area (Å²) in [7, 11) is 4.70. The van der Waals surface area contributed by atoms with Crippen LogP contribution in [-0.2, 0) is 0 Å². The fraction of sp³-hybridized carbons (Fsp3) is 0.200. The molecule has 176 valence electrons. The molecule has 0 atom stereocenters. The topological polar surface area (TPSA) is 70.5 Å². The molecule has 0 N–H and O–H groups in total. The predicted octanol–water partition coefficient (Wildman–Crippen LogP) is 5.79. The van der Waals surface area contributed by atoms with E-state index in [0.717, 1.165) is 17.0 Å². The molecule has 0 saturated heterocycles. The highest BCUT2D eigenvalue weighted by Crippen LogP contribution is 2.41. The molecule has 0 spiro atoms. The van der Waals surface area contributed by atoms with Gasteiger partial charge >= 0.3 is 0 Å². The second-order valence-corrected chi connectivity index (χ2v) is 8.15. The number of nitrogens with zero attached hydrogens (tertiary/aromatic N) is 3. The van der Waals surface area contributed by atoms with Crippen molar-refractivity contribution in [3.05, 3.63) is 76.1 Å². The van der Waals surface area contributed by atoms with E-state index in [1.165, 1.54) is 23.5 Å². The van der Waals surface area contributed by atoms with Gasteiger partial charge in [-0.2, -0.15) is 5.10 Å². The number of ether oxygens (including phenoxy) is 3. The van der Waals surface area contributed by atoms with Gasteiger partial charge in [0.15, 0.2) is 11.5 Å². The van der Waals surface area contributed by atoms with Gasteiger partial charge in [-0.15, -0.1) is 11.3 Å². The molecule has 0 fully saturated rings. The predicted molar refractivity (Wildman–Crippen MR) is 130 cm³/mol. The molecule has 4 rings (SSSR count). The lowest BCUT2D eigenvalue weighted by Crippen LogP contribution is -2.13. The molecule has 34 heavy (non-hydrogen) atoms. The van der Waals surface area contributed by atoms with Crippen molar-refractivity contribution in [3.63, 3.8) is 0 Å². The van der Waals surface area contributed by atoms with Gasteiger partial charge in [0.2, 0.25) is 10.6 Å². The van der Waals surface area contributed by atoms with Crippen molar-refractivity contribution < 1.29 is 23.0 Å². The van der Waals surface area contributed by atoms with E-state index in [2.05, 4.69) is 4.99 Å². The van der Waals surface area contributed by atoms with Crippen molar-refractivity contribution in [1.29, 1.82) is 0 Å². The number of halogens is 1. The number of hydrogen-bond donors (Lipinski definition) is 0. The molecule has 4 aromatic rings. The van der Waals surface area contributed by atoms with Gasteiger partial charge in [0.05, 0.1) is 32.7 Å². The zero-order valence-electron chi connectivity index (χ0n) is 19.5. The number of hydrogen-bond acceptors (Lipinski definition) is 7. The number of rotatable bonds is 7. The summed E-state index contributed by atoms with van der Waals surface area (Å²) in [5.74, 6) is 2.67. The zero-order valence-corrected chi connectivity index (χ0v) is 20.3. The zero-order chi connectivity index (χ0) is 24.2. The summed E-state index contributed by atoms with van der Waals surface area (Å²) in [6, 6.07) is 13.4. The van der Waals surface area contributed by atoms with E-state index in [1.807, 2.05) is 43.5 Å². The third kappa shape index (κ3) is 4.74. The van der Waals surface area contributed by atoms with Crippen LogP contribution in [0.3, 0.4) is 0 Å².